The predicted molar refractivity (Wildman–Crippen MR) is 78.8 cm³/mol. The zero-order valence-corrected chi connectivity index (χ0v) is 13.8. The summed E-state index contributed by atoms with van der Waals surface area (Å²) in [4.78, 5) is 0. The molecule has 0 aliphatic carbocycles. The maximum absolute atomic E-state index is 9.12. The van der Waals surface area contributed by atoms with E-state index in [0.29, 0.717) is 11.8 Å². The minimum atomic E-state index is -0.253. The lowest BCUT2D eigenvalue weighted by Gasteiger charge is -2.41. The summed E-state index contributed by atoms with van der Waals surface area (Å²) in [5.74, 6) is 0. The Bertz CT molecular complexity index is 236. The first-order valence-electron chi connectivity index (χ1n) is 7.22. The van der Waals surface area contributed by atoms with Gasteiger partial charge in [-0.2, -0.15) is 0 Å². The van der Waals surface area contributed by atoms with Crippen LogP contribution in [0.4, 0.5) is 0 Å². The average Bonchev–Trinajstić information content (AvgIpc) is 2.14. The van der Waals surface area contributed by atoms with E-state index in [1.807, 2.05) is 0 Å². The van der Waals surface area contributed by atoms with Crippen LogP contribution in [0.5, 0.6) is 0 Å². The van der Waals surface area contributed by atoms with Crippen LogP contribution in [0.3, 0.4) is 0 Å². The first kappa shape index (κ1) is 17.9. The smallest absolute Gasteiger partial charge is 0.0652 e. The fourth-order valence-electron chi connectivity index (χ4n) is 1.88. The molecule has 0 rings (SSSR count). The van der Waals surface area contributed by atoms with E-state index in [4.69, 9.17) is 9.84 Å². The second kappa shape index (κ2) is 6.38. The largest absolute Gasteiger partial charge is 0.396 e. The van der Waals surface area contributed by atoms with Gasteiger partial charge >= 0.3 is 0 Å². The fraction of sp³-hybridized carbons (Fsp3) is 1.00. The van der Waals surface area contributed by atoms with E-state index < -0.39 is 0 Å². The normalized spacial score (nSPS) is 15.8. The Hall–Kier alpha value is -0.0800. The van der Waals surface area contributed by atoms with Crippen LogP contribution in [0, 0.1) is 10.8 Å². The van der Waals surface area contributed by atoms with Gasteiger partial charge in [0.15, 0.2) is 0 Å². The summed E-state index contributed by atoms with van der Waals surface area (Å²) in [7, 11) is 0. The second-order valence-electron chi connectivity index (χ2n) is 7.93. The van der Waals surface area contributed by atoms with Crippen molar-refractivity contribution in [1.82, 2.24) is 0 Å². The number of aliphatic hydroxyl groups excluding tert-OH is 1. The Morgan fingerprint density at radius 2 is 1.50 bits per heavy atom. The van der Waals surface area contributed by atoms with E-state index in [-0.39, 0.29) is 23.7 Å². The Balaban J connectivity index is 4.82. The maximum Gasteiger partial charge on any atom is 0.0652 e. The number of hydrogen-bond acceptors (Lipinski definition) is 2. The lowest BCUT2D eigenvalue weighted by molar-refractivity contribution is -0.134. The van der Waals surface area contributed by atoms with Crippen LogP contribution in [0.15, 0.2) is 0 Å². The van der Waals surface area contributed by atoms with Crippen molar-refractivity contribution in [3.8, 4) is 0 Å². The lowest BCUT2D eigenvalue weighted by Crippen LogP contribution is -2.41. The van der Waals surface area contributed by atoms with Gasteiger partial charge in [0.1, 0.15) is 0 Å². The van der Waals surface area contributed by atoms with E-state index >= 15 is 0 Å². The number of ether oxygens (including phenoxy) is 1. The van der Waals surface area contributed by atoms with Gasteiger partial charge in [-0.1, -0.05) is 48.0 Å². The summed E-state index contributed by atoms with van der Waals surface area (Å²) >= 11 is 0. The topological polar surface area (TPSA) is 29.5 Å². The van der Waals surface area contributed by atoms with Crippen molar-refractivity contribution in [3.63, 3.8) is 0 Å². The molecule has 0 aromatic carbocycles. The van der Waals surface area contributed by atoms with Crippen molar-refractivity contribution in [3.05, 3.63) is 0 Å². The molecule has 0 heterocycles. The number of rotatable bonds is 7. The van der Waals surface area contributed by atoms with Crippen LogP contribution in [0.25, 0.3) is 0 Å². The minimum absolute atomic E-state index is 0.124. The molecule has 0 aliphatic heterocycles. The fourth-order valence-corrected chi connectivity index (χ4v) is 1.88. The molecule has 0 aromatic rings. The van der Waals surface area contributed by atoms with Crippen LogP contribution >= 0.6 is 0 Å². The summed E-state index contributed by atoms with van der Waals surface area (Å²) in [6.45, 7) is 17.9. The molecule has 0 saturated carbocycles. The summed E-state index contributed by atoms with van der Waals surface area (Å²) in [5, 5.41) is 9.12. The Morgan fingerprint density at radius 1 is 1.00 bits per heavy atom. The summed E-state index contributed by atoms with van der Waals surface area (Å²) in [6.07, 6.45) is 3.12. The highest BCUT2D eigenvalue weighted by atomic mass is 16.5. The third-order valence-electron chi connectivity index (χ3n) is 3.84. The van der Waals surface area contributed by atoms with Gasteiger partial charge in [0.05, 0.1) is 11.7 Å². The standard InChI is InChI=1S/C16H34O2/c1-9-15(5,6)12-13(14(2,3)4)18-16(7,8)10-11-17/h13,17H,9-12H2,1-8H3. The first-order chi connectivity index (χ1) is 7.93. The van der Waals surface area contributed by atoms with Gasteiger partial charge in [0.25, 0.3) is 0 Å². The van der Waals surface area contributed by atoms with E-state index in [2.05, 4.69) is 55.4 Å². The third kappa shape index (κ3) is 6.75. The molecular weight excluding hydrogens is 224 g/mol. The van der Waals surface area contributed by atoms with Crippen LogP contribution in [0.1, 0.15) is 74.7 Å². The van der Waals surface area contributed by atoms with Gasteiger partial charge in [-0.3, -0.25) is 0 Å². The molecular formula is C16H34O2. The van der Waals surface area contributed by atoms with Gasteiger partial charge in [-0.05, 0) is 37.5 Å². The third-order valence-corrected chi connectivity index (χ3v) is 3.84. The van der Waals surface area contributed by atoms with Crippen molar-refractivity contribution in [2.75, 3.05) is 6.61 Å². The molecule has 0 aliphatic rings. The predicted octanol–water partition coefficient (Wildman–Crippen LogP) is 4.41. The van der Waals surface area contributed by atoms with Gasteiger partial charge in [-0.25, -0.2) is 0 Å². The molecule has 2 heteroatoms. The molecule has 1 N–H and O–H groups in total. The SMILES string of the molecule is CCC(C)(C)CC(OC(C)(C)CCO)C(C)(C)C. The molecule has 0 saturated heterocycles. The molecule has 0 radical (unpaired) electrons. The monoisotopic (exact) mass is 258 g/mol. The van der Waals surface area contributed by atoms with Crippen molar-refractivity contribution in [1.29, 1.82) is 0 Å². The zero-order chi connectivity index (χ0) is 14.6. The quantitative estimate of drug-likeness (QED) is 0.733. The molecule has 1 atom stereocenters. The van der Waals surface area contributed by atoms with Crippen LogP contribution in [0.2, 0.25) is 0 Å². The van der Waals surface area contributed by atoms with Gasteiger partial charge < -0.3 is 9.84 Å². The van der Waals surface area contributed by atoms with Gasteiger partial charge in [0, 0.05) is 6.61 Å². The minimum Gasteiger partial charge on any atom is -0.396 e. The molecule has 2 nitrogen and oxygen atoms in total. The van der Waals surface area contributed by atoms with E-state index in [1.54, 1.807) is 0 Å². The summed E-state index contributed by atoms with van der Waals surface area (Å²) in [6, 6.07) is 0. The Labute approximate surface area is 114 Å². The molecule has 18 heavy (non-hydrogen) atoms. The second-order valence-corrected chi connectivity index (χ2v) is 7.93. The van der Waals surface area contributed by atoms with Crippen molar-refractivity contribution in [2.45, 2.75) is 86.4 Å². The van der Waals surface area contributed by atoms with E-state index in [0.717, 1.165) is 12.8 Å². The lowest BCUT2D eigenvalue weighted by atomic mass is 9.76. The number of aliphatic hydroxyl groups is 1. The highest BCUT2D eigenvalue weighted by molar-refractivity contribution is 4.84. The van der Waals surface area contributed by atoms with Crippen LogP contribution in [-0.4, -0.2) is 23.4 Å². The van der Waals surface area contributed by atoms with Crippen LogP contribution < -0.4 is 0 Å². The van der Waals surface area contributed by atoms with Crippen LogP contribution in [-0.2, 0) is 4.74 Å². The summed E-state index contributed by atoms with van der Waals surface area (Å²) in [5.41, 5.74) is 0.170. The molecule has 0 aromatic heterocycles. The Morgan fingerprint density at radius 3 is 1.83 bits per heavy atom. The highest BCUT2D eigenvalue weighted by Crippen LogP contribution is 2.37. The van der Waals surface area contributed by atoms with Crippen molar-refractivity contribution < 1.29 is 9.84 Å². The molecule has 0 amide bonds. The first-order valence-corrected chi connectivity index (χ1v) is 7.22. The molecule has 0 fully saturated rings. The molecule has 0 bridgehead atoms. The highest BCUT2D eigenvalue weighted by Gasteiger charge is 2.35. The van der Waals surface area contributed by atoms with Crippen molar-refractivity contribution >= 4 is 0 Å². The number of hydrogen-bond donors (Lipinski definition) is 1. The van der Waals surface area contributed by atoms with Crippen molar-refractivity contribution in [2.24, 2.45) is 10.8 Å². The maximum atomic E-state index is 9.12. The zero-order valence-electron chi connectivity index (χ0n) is 13.8. The van der Waals surface area contributed by atoms with Gasteiger partial charge in [0.2, 0.25) is 0 Å². The Kier molecular flexibility index (Phi) is 6.35. The summed E-state index contributed by atoms with van der Waals surface area (Å²) < 4.78 is 6.32. The molecule has 110 valence electrons. The average molecular weight is 258 g/mol. The van der Waals surface area contributed by atoms with E-state index in [9.17, 15) is 0 Å². The van der Waals surface area contributed by atoms with Gasteiger partial charge in [-0.15, -0.1) is 0 Å². The van der Waals surface area contributed by atoms with E-state index in [1.165, 1.54) is 0 Å². The molecule has 0 spiro atoms. The molecule has 1 unspecified atom stereocenters.